The van der Waals surface area contributed by atoms with Crippen LogP contribution < -0.4 is 10.2 Å². The van der Waals surface area contributed by atoms with Gasteiger partial charge in [0.05, 0.1) is 16.8 Å². The molecule has 2 N–H and O–H groups in total. The van der Waals surface area contributed by atoms with E-state index in [9.17, 15) is 24.3 Å². The van der Waals surface area contributed by atoms with E-state index in [1.54, 1.807) is 24.3 Å². The number of rotatable bonds is 5. The summed E-state index contributed by atoms with van der Waals surface area (Å²) < 4.78 is 0. The minimum atomic E-state index is -0.927. The van der Waals surface area contributed by atoms with Crippen LogP contribution >= 0.6 is 0 Å². The van der Waals surface area contributed by atoms with Crippen LogP contribution in [0.4, 0.5) is 11.4 Å². The molecular formula is C20H25N3O5. The molecule has 0 aliphatic carbocycles. The number of nitrogens with zero attached hydrogens (tertiary/aromatic N) is 2. The average molecular weight is 387 g/mol. The third-order valence-corrected chi connectivity index (χ3v) is 5.81. The number of likely N-dealkylation sites (tertiary alicyclic amines) is 1. The van der Waals surface area contributed by atoms with E-state index >= 15 is 0 Å². The van der Waals surface area contributed by atoms with Gasteiger partial charge in [-0.25, -0.2) is 0 Å². The summed E-state index contributed by atoms with van der Waals surface area (Å²) in [5, 5.41) is 12.3. The first-order valence-corrected chi connectivity index (χ1v) is 9.45. The van der Waals surface area contributed by atoms with Crippen LogP contribution in [-0.2, 0) is 19.2 Å². The maximum atomic E-state index is 12.7. The van der Waals surface area contributed by atoms with Crippen LogP contribution in [0.25, 0.3) is 0 Å². The lowest BCUT2D eigenvalue weighted by Gasteiger charge is -2.30. The van der Waals surface area contributed by atoms with Gasteiger partial charge in [0.2, 0.25) is 17.7 Å². The summed E-state index contributed by atoms with van der Waals surface area (Å²) >= 11 is 0. The molecule has 0 spiro atoms. The Hall–Kier alpha value is -2.90. The maximum absolute atomic E-state index is 12.7. The lowest BCUT2D eigenvalue weighted by molar-refractivity contribution is -0.151. The van der Waals surface area contributed by atoms with Crippen LogP contribution in [0.5, 0.6) is 0 Å². The molecule has 1 aromatic carbocycles. The van der Waals surface area contributed by atoms with Crippen LogP contribution in [0.15, 0.2) is 24.3 Å². The zero-order valence-electron chi connectivity index (χ0n) is 16.1. The second kappa shape index (κ2) is 7.61. The highest BCUT2D eigenvalue weighted by atomic mass is 16.4. The number of carbonyl (C=O) groups is 4. The Morgan fingerprint density at radius 1 is 1.18 bits per heavy atom. The third-order valence-electron chi connectivity index (χ3n) is 5.81. The normalized spacial score (nSPS) is 21.5. The van der Waals surface area contributed by atoms with Gasteiger partial charge in [0.1, 0.15) is 6.54 Å². The first-order valence-electron chi connectivity index (χ1n) is 9.45. The van der Waals surface area contributed by atoms with Crippen molar-refractivity contribution in [3.05, 3.63) is 24.3 Å². The molecule has 8 nitrogen and oxygen atoms in total. The molecule has 8 heteroatoms. The zero-order valence-corrected chi connectivity index (χ0v) is 16.1. The quantitative estimate of drug-likeness (QED) is 0.800. The zero-order chi connectivity index (χ0) is 20.5. The largest absolute Gasteiger partial charge is 0.481 e. The Morgan fingerprint density at radius 3 is 2.50 bits per heavy atom. The molecule has 0 aromatic heterocycles. The van der Waals surface area contributed by atoms with Crippen molar-refractivity contribution in [2.45, 2.75) is 33.1 Å². The Bertz CT molecular complexity index is 822. The number of anilines is 2. The number of carboxylic acid groups (broad SMARTS) is 1. The van der Waals surface area contributed by atoms with Gasteiger partial charge in [-0.3, -0.25) is 19.2 Å². The Morgan fingerprint density at radius 2 is 1.86 bits per heavy atom. The summed E-state index contributed by atoms with van der Waals surface area (Å²) in [5.41, 5.74) is 0.260. The van der Waals surface area contributed by atoms with Crippen molar-refractivity contribution in [3.63, 3.8) is 0 Å². The number of para-hydroxylation sites is 2. The van der Waals surface area contributed by atoms with Crippen LogP contribution in [-0.4, -0.2) is 53.3 Å². The standard InChI is InChI=1S/C20H25N3O5/c1-13(2)20(19(27)28)9-10-22(12-20)17(25)7-8-18(26)23-11-16(24)21-14-5-3-4-6-15(14)23/h3-6,13H,7-12H2,1-2H3,(H,21,24)(H,27,28). The fourth-order valence-electron chi connectivity index (χ4n) is 3.90. The van der Waals surface area contributed by atoms with E-state index in [2.05, 4.69) is 5.32 Å². The highest BCUT2D eigenvalue weighted by Crippen LogP contribution is 2.38. The summed E-state index contributed by atoms with van der Waals surface area (Å²) in [7, 11) is 0. The molecule has 1 saturated heterocycles. The topological polar surface area (TPSA) is 107 Å². The van der Waals surface area contributed by atoms with Crippen LogP contribution in [0.1, 0.15) is 33.1 Å². The summed E-state index contributed by atoms with van der Waals surface area (Å²) in [6.45, 7) is 4.17. The van der Waals surface area contributed by atoms with Gasteiger partial charge >= 0.3 is 5.97 Å². The molecule has 2 aliphatic heterocycles. The van der Waals surface area contributed by atoms with Crippen LogP contribution in [0.2, 0.25) is 0 Å². The number of amides is 3. The van der Waals surface area contributed by atoms with Crippen molar-refractivity contribution < 1.29 is 24.3 Å². The predicted octanol–water partition coefficient (Wildman–Crippen LogP) is 1.71. The predicted molar refractivity (Wildman–Crippen MR) is 103 cm³/mol. The number of benzene rings is 1. The number of aliphatic carboxylic acids is 1. The van der Waals surface area contributed by atoms with Gasteiger partial charge in [-0.2, -0.15) is 0 Å². The number of nitrogens with one attached hydrogen (secondary N) is 1. The van der Waals surface area contributed by atoms with E-state index in [0.717, 1.165) is 0 Å². The lowest BCUT2D eigenvalue weighted by atomic mass is 9.76. The third kappa shape index (κ3) is 3.58. The molecule has 0 bridgehead atoms. The van der Waals surface area contributed by atoms with E-state index in [1.807, 2.05) is 13.8 Å². The molecule has 0 saturated carbocycles. The number of hydrogen-bond donors (Lipinski definition) is 2. The number of carboxylic acids is 1. The number of hydrogen-bond acceptors (Lipinski definition) is 4. The summed E-state index contributed by atoms with van der Waals surface area (Å²) in [6, 6.07) is 7.02. The van der Waals surface area contributed by atoms with E-state index in [0.29, 0.717) is 24.3 Å². The van der Waals surface area contributed by atoms with Crippen molar-refractivity contribution >= 4 is 35.1 Å². The van der Waals surface area contributed by atoms with Gasteiger partial charge in [0, 0.05) is 25.9 Å². The molecule has 2 heterocycles. The lowest BCUT2D eigenvalue weighted by Crippen LogP contribution is -2.43. The number of carbonyl (C=O) groups excluding carboxylic acids is 3. The molecule has 150 valence electrons. The molecule has 0 radical (unpaired) electrons. The van der Waals surface area contributed by atoms with E-state index in [4.69, 9.17) is 0 Å². The van der Waals surface area contributed by atoms with Crippen molar-refractivity contribution in [1.82, 2.24) is 4.90 Å². The first kappa shape index (κ1) is 19.9. The minimum absolute atomic E-state index is 0.00703. The van der Waals surface area contributed by atoms with Gasteiger partial charge in [0.15, 0.2) is 0 Å². The van der Waals surface area contributed by atoms with E-state index < -0.39 is 11.4 Å². The Labute approximate surface area is 163 Å². The fraction of sp³-hybridized carbons (Fsp3) is 0.500. The SMILES string of the molecule is CC(C)C1(C(=O)O)CCN(C(=O)CCC(=O)N2CC(=O)Nc3ccccc32)C1. The average Bonchev–Trinajstić information content (AvgIpc) is 3.12. The molecular weight excluding hydrogens is 362 g/mol. The van der Waals surface area contributed by atoms with Crippen molar-refractivity contribution in [3.8, 4) is 0 Å². The second-order valence-electron chi connectivity index (χ2n) is 7.73. The van der Waals surface area contributed by atoms with Crippen molar-refractivity contribution in [2.24, 2.45) is 11.3 Å². The monoisotopic (exact) mass is 387 g/mol. The number of fused-ring (bicyclic) bond motifs is 1. The van der Waals surface area contributed by atoms with Gasteiger partial charge < -0.3 is 20.2 Å². The van der Waals surface area contributed by atoms with E-state index in [1.165, 1.54) is 9.80 Å². The second-order valence-corrected chi connectivity index (χ2v) is 7.73. The van der Waals surface area contributed by atoms with Crippen LogP contribution in [0.3, 0.4) is 0 Å². The molecule has 1 atom stereocenters. The van der Waals surface area contributed by atoms with Gasteiger partial charge in [-0.15, -0.1) is 0 Å². The summed E-state index contributed by atoms with van der Waals surface area (Å²) in [4.78, 5) is 51.7. The highest BCUT2D eigenvalue weighted by Gasteiger charge is 2.48. The summed E-state index contributed by atoms with van der Waals surface area (Å²) in [6.07, 6.45) is 0.380. The molecule has 28 heavy (non-hydrogen) atoms. The van der Waals surface area contributed by atoms with Crippen LogP contribution in [0, 0.1) is 11.3 Å². The van der Waals surface area contributed by atoms with Gasteiger partial charge in [0.25, 0.3) is 0 Å². The highest BCUT2D eigenvalue weighted by molar-refractivity contribution is 6.10. The molecule has 1 unspecified atom stereocenters. The maximum Gasteiger partial charge on any atom is 0.311 e. The molecule has 1 fully saturated rings. The summed E-state index contributed by atoms with van der Waals surface area (Å²) in [5.74, 6) is -1.78. The first-order chi connectivity index (χ1) is 13.2. The molecule has 3 amide bonds. The van der Waals surface area contributed by atoms with E-state index in [-0.39, 0.29) is 49.6 Å². The van der Waals surface area contributed by atoms with Gasteiger partial charge in [-0.1, -0.05) is 26.0 Å². The Balaban J connectivity index is 1.62. The fourth-order valence-corrected chi connectivity index (χ4v) is 3.90. The molecule has 2 aliphatic rings. The Kier molecular flexibility index (Phi) is 5.40. The minimum Gasteiger partial charge on any atom is -0.481 e. The van der Waals surface area contributed by atoms with Gasteiger partial charge in [-0.05, 0) is 24.5 Å². The molecule has 3 rings (SSSR count). The van der Waals surface area contributed by atoms with Crippen molar-refractivity contribution in [1.29, 1.82) is 0 Å². The molecule has 1 aromatic rings. The van der Waals surface area contributed by atoms with Crippen molar-refractivity contribution in [2.75, 3.05) is 29.9 Å². The smallest absolute Gasteiger partial charge is 0.311 e.